The molecule has 0 spiro atoms. The Morgan fingerprint density at radius 1 is 1.19 bits per heavy atom. The summed E-state index contributed by atoms with van der Waals surface area (Å²) in [7, 11) is 0. The highest BCUT2D eigenvalue weighted by atomic mass is 19.4. The molecule has 1 aromatic heterocycles. The van der Waals surface area contributed by atoms with Crippen LogP contribution in [0.25, 0.3) is 0 Å². The Morgan fingerprint density at radius 2 is 1.90 bits per heavy atom. The van der Waals surface area contributed by atoms with Crippen molar-refractivity contribution in [1.82, 2.24) is 4.98 Å². The standard InChI is InChI=1S/C14H10F3NO3/c15-14(16,17)10-3-1-2-4-12(10)21-8-9-5-6-11(13(19)20)18-7-9/h1-7H,8H2,(H,19,20). The smallest absolute Gasteiger partial charge is 0.419 e. The summed E-state index contributed by atoms with van der Waals surface area (Å²) in [4.78, 5) is 14.3. The van der Waals surface area contributed by atoms with Crippen molar-refractivity contribution >= 4 is 5.97 Å². The molecule has 1 aromatic carbocycles. The molecule has 0 aliphatic heterocycles. The number of halogens is 3. The maximum absolute atomic E-state index is 12.8. The quantitative estimate of drug-likeness (QED) is 0.940. The summed E-state index contributed by atoms with van der Waals surface area (Å²) in [6.45, 7) is -0.139. The van der Waals surface area contributed by atoms with Gasteiger partial charge >= 0.3 is 12.1 Å². The molecule has 4 nitrogen and oxygen atoms in total. The van der Waals surface area contributed by atoms with Crippen molar-refractivity contribution < 1.29 is 27.8 Å². The molecule has 0 aliphatic carbocycles. The van der Waals surface area contributed by atoms with Crippen molar-refractivity contribution in [2.45, 2.75) is 12.8 Å². The van der Waals surface area contributed by atoms with E-state index in [0.717, 1.165) is 6.07 Å². The normalized spacial score (nSPS) is 11.2. The van der Waals surface area contributed by atoms with E-state index < -0.39 is 17.7 Å². The van der Waals surface area contributed by atoms with Gasteiger partial charge in [-0.1, -0.05) is 18.2 Å². The summed E-state index contributed by atoms with van der Waals surface area (Å²) in [5.74, 6) is -1.46. The number of carboxylic acid groups (broad SMARTS) is 1. The molecule has 0 atom stereocenters. The molecule has 0 aliphatic rings. The molecule has 1 heterocycles. The van der Waals surface area contributed by atoms with Crippen LogP contribution in [0.3, 0.4) is 0 Å². The highest BCUT2D eigenvalue weighted by molar-refractivity contribution is 5.85. The van der Waals surface area contributed by atoms with Gasteiger partial charge in [-0.05, 0) is 18.2 Å². The Hall–Kier alpha value is -2.57. The van der Waals surface area contributed by atoms with Crippen LogP contribution < -0.4 is 4.74 Å². The topological polar surface area (TPSA) is 59.4 Å². The van der Waals surface area contributed by atoms with Crippen LogP contribution in [0.2, 0.25) is 0 Å². The van der Waals surface area contributed by atoms with Gasteiger partial charge in [-0.25, -0.2) is 9.78 Å². The first kappa shape index (κ1) is 14.8. The minimum Gasteiger partial charge on any atom is -0.488 e. The van der Waals surface area contributed by atoms with Crippen molar-refractivity contribution in [3.8, 4) is 5.75 Å². The number of aromatic nitrogens is 1. The predicted octanol–water partition coefficient (Wildman–Crippen LogP) is 3.38. The minimum atomic E-state index is -4.50. The van der Waals surface area contributed by atoms with Crippen LogP contribution in [-0.4, -0.2) is 16.1 Å². The molecule has 21 heavy (non-hydrogen) atoms. The van der Waals surface area contributed by atoms with E-state index in [1.807, 2.05) is 0 Å². The van der Waals surface area contributed by atoms with E-state index in [1.54, 1.807) is 0 Å². The highest BCUT2D eigenvalue weighted by Crippen LogP contribution is 2.36. The van der Waals surface area contributed by atoms with Crippen molar-refractivity contribution in [3.05, 3.63) is 59.4 Å². The number of alkyl halides is 3. The van der Waals surface area contributed by atoms with Crippen LogP contribution in [0.4, 0.5) is 13.2 Å². The summed E-state index contributed by atoms with van der Waals surface area (Å²) < 4.78 is 43.4. The van der Waals surface area contributed by atoms with E-state index in [9.17, 15) is 18.0 Å². The molecule has 2 rings (SSSR count). The second-order valence-electron chi connectivity index (χ2n) is 4.14. The fourth-order valence-corrected chi connectivity index (χ4v) is 1.62. The Morgan fingerprint density at radius 3 is 2.48 bits per heavy atom. The monoisotopic (exact) mass is 297 g/mol. The molecule has 0 saturated heterocycles. The van der Waals surface area contributed by atoms with Gasteiger partial charge in [0.15, 0.2) is 0 Å². The molecule has 0 bridgehead atoms. The van der Waals surface area contributed by atoms with E-state index >= 15 is 0 Å². The lowest BCUT2D eigenvalue weighted by atomic mass is 10.2. The predicted molar refractivity (Wildman–Crippen MR) is 67.0 cm³/mol. The summed E-state index contributed by atoms with van der Waals surface area (Å²) in [6.07, 6.45) is -3.25. The lowest BCUT2D eigenvalue weighted by Crippen LogP contribution is -2.09. The fourth-order valence-electron chi connectivity index (χ4n) is 1.62. The molecule has 0 saturated carbocycles. The third kappa shape index (κ3) is 3.71. The van der Waals surface area contributed by atoms with E-state index in [0.29, 0.717) is 5.56 Å². The van der Waals surface area contributed by atoms with Crippen LogP contribution in [0, 0.1) is 0 Å². The molecular formula is C14H10F3NO3. The number of carbonyl (C=O) groups is 1. The molecule has 110 valence electrons. The van der Waals surface area contributed by atoms with Gasteiger partial charge in [0.1, 0.15) is 18.1 Å². The largest absolute Gasteiger partial charge is 0.488 e. The molecule has 0 amide bonds. The van der Waals surface area contributed by atoms with Gasteiger partial charge in [0.05, 0.1) is 5.56 Å². The number of ether oxygens (including phenoxy) is 1. The van der Waals surface area contributed by atoms with E-state index in [-0.39, 0.29) is 18.1 Å². The minimum absolute atomic E-state index is 0.139. The Balaban J connectivity index is 2.12. The Labute approximate surface area is 117 Å². The van der Waals surface area contributed by atoms with Gasteiger partial charge in [0.25, 0.3) is 0 Å². The van der Waals surface area contributed by atoms with Gasteiger partial charge in [-0.3, -0.25) is 0 Å². The van der Waals surface area contributed by atoms with Gasteiger partial charge in [0, 0.05) is 11.8 Å². The van der Waals surface area contributed by atoms with Crippen molar-refractivity contribution in [2.75, 3.05) is 0 Å². The number of benzene rings is 1. The number of para-hydroxylation sites is 1. The van der Waals surface area contributed by atoms with Crippen molar-refractivity contribution in [3.63, 3.8) is 0 Å². The second-order valence-corrected chi connectivity index (χ2v) is 4.14. The molecule has 0 fully saturated rings. The number of pyridine rings is 1. The molecular weight excluding hydrogens is 287 g/mol. The SMILES string of the molecule is O=C(O)c1ccc(COc2ccccc2C(F)(F)F)cn1. The molecule has 1 N–H and O–H groups in total. The maximum atomic E-state index is 12.8. The summed E-state index contributed by atoms with van der Waals surface area (Å²) >= 11 is 0. The van der Waals surface area contributed by atoms with Crippen LogP contribution in [-0.2, 0) is 12.8 Å². The molecule has 0 unspecified atom stereocenters. The van der Waals surface area contributed by atoms with Crippen LogP contribution in [0.5, 0.6) is 5.75 Å². The number of nitrogens with zero attached hydrogens (tertiary/aromatic N) is 1. The molecule has 0 radical (unpaired) electrons. The third-order valence-corrected chi connectivity index (χ3v) is 2.63. The molecule has 2 aromatic rings. The highest BCUT2D eigenvalue weighted by Gasteiger charge is 2.33. The fraction of sp³-hybridized carbons (Fsp3) is 0.143. The van der Waals surface area contributed by atoms with E-state index in [2.05, 4.69) is 4.98 Å². The second kappa shape index (κ2) is 5.82. The number of carboxylic acids is 1. The van der Waals surface area contributed by atoms with Crippen LogP contribution in [0.15, 0.2) is 42.6 Å². The first-order valence-corrected chi connectivity index (χ1v) is 5.85. The van der Waals surface area contributed by atoms with Crippen LogP contribution >= 0.6 is 0 Å². The first-order chi connectivity index (χ1) is 9.88. The zero-order valence-electron chi connectivity index (χ0n) is 10.6. The summed E-state index contributed by atoms with van der Waals surface area (Å²) in [6, 6.07) is 7.57. The average Bonchev–Trinajstić information content (AvgIpc) is 2.45. The lowest BCUT2D eigenvalue weighted by molar-refractivity contribution is -0.139. The van der Waals surface area contributed by atoms with Gasteiger partial charge < -0.3 is 9.84 Å². The van der Waals surface area contributed by atoms with Gasteiger partial charge in [-0.2, -0.15) is 13.2 Å². The Bertz CT molecular complexity index is 639. The van der Waals surface area contributed by atoms with Crippen molar-refractivity contribution in [2.24, 2.45) is 0 Å². The number of hydrogen-bond donors (Lipinski definition) is 1. The third-order valence-electron chi connectivity index (χ3n) is 2.63. The Kier molecular flexibility index (Phi) is 4.11. The number of aromatic carboxylic acids is 1. The zero-order chi connectivity index (χ0) is 15.5. The number of rotatable bonds is 4. The van der Waals surface area contributed by atoms with Crippen LogP contribution in [0.1, 0.15) is 21.6 Å². The first-order valence-electron chi connectivity index (χ1n) is 5.85. The summed E-state index contributed by atoms with van der Waals surface area (Å²) in [5.41, 5.74) is -0.536. The summed E-state index contributed by atoms with van der Waals surface area (Å²) in [5, 5.41) is 8.69. The zero-order valence-corrected chi connectivity index (χ0v) is 10.6. The van der Waals surface area contributed by atoms with E-state index in [4.69, 9.17) is 9.84 Å². The maximum Gasteiger partial charge on any atom is 0.419 e. The van der Waals surface area contributed by atoms with Gasteiger partial charge in [-0.15, -0.1) is 0 Å². The van der Waals surface area contributed by atoms with E-state index in [1.165, 1.54) is 36.5 Å². The van der Waals surface area contributed by atoms with Gasteiger partial charge in [0.2, 0.25) is 0 Å². The number of hydrogen-bond acceptors (Lipinski definition) is 3. The van der Waals surface area contributed by atoms with Crippen molar-refractivity contribution in [1.29, 1.82) is 0 Å². The average molecular weight is 297 g/mol. The molecule has 7 heteroatoms. The lowest BCUT2D eigenvalue weighted by Gasteiger charge is -2.13.